The van der Waals surface area contributed by atoms with E-state index in [-0.39, 0.29) is 11.5 Å². The molecule has 0 unspecified atom stereocenters. The summed E-state index contributed by atoms with van der Waals surface area (Å²) in [5.74, 6) is -5.57. The Labute approximate surface area is 134 Å². The quantitative estimate of drug-likeness (QED) is 0.508. The van der Waals surface area contributed by atoms with Crippen molar-refractivity contribution < 1.29 is 30.8 Å². The average Bonchev–Trinajstić information content (AvgIpc) is 2.97. The van der Waals surface area contributed by atoms with Crippen molar-refractivity contribution in [2.75, 3.05) is 0 Å². The van der Waals surface area contributed by atoms with Gasteiger partial charge < -0.3 is 13.4 Å². The summed E-state index contributed by atoms with van der Waals surface area (Å²) in [6.45, 7) is 0.633. The standard InChI is InChI=1S/C13H6ClF5N2O3/c1-4-7(24-12(22)23-4)3-21-6-2-5(15)8(14)9(16)10(6)20-11(21)13(17,18)19/h2H,3H2,1H3. The van der Waals surface area contributed by atoms with Crippen molar-refractivity contribution in [2.45, 2.75) is 19.6 Å². The molecule has 3 aromatic rings. The molecule has 2 heterocycles. The van der Waals surface area contributed by atoms with Gasteiger partial charge in [-0.2, -0.15) is 13.2 Å². The van der Waals surface area contributed by atoms with E-state index in [1.165, 1.54) is 6.92 Å². The van der Waals surface area contributed by atoms with Crippen molar-refractivity contribution in [2.24, 2.45) is 0 Å². The summed E-state index contributed by atoms with van der Waals surface area (Å²) in [4.78, 5) is 14.2. The molecule has 0 aliphatic carbocycles. The predicted molar refractivity (Wildman–Crippen MR) is 70.7 cm³/mol. The van der Waals surface area contributed by atoms with Gasteiger partial charge in [-0.25, -0.2) is 18.6 Å². The van der Waals surface area contributed by atoms with Gasteiger partial charge in [-0.05, 0) is 6.92 Å². The monoisotopic (exact) mass is 368 g/mol. The number of aryl methyl sites for hydroxylation is 1. The molecule has 11 heteroatoms. The molecular formula is C13H6ClF5N2O3. The topological polar surface area (TPSA) is 61.2 Å². The SMILES string of the molecule is Cc1oc(=O)oc1Cn1c(C(F)(F)F)nc2c(F)c(Cl)c(F)cc21. The lowest BCUT2D eigenvalue weighted by Gasteiger charge is -2.10. The van der Waals surface area contributed by atoms with Crippen molar-refractivity contribution >= 4 is 22.6 Å². The number of hydrogen-bond acceptors (Lipinski definition) is 4. The molecule has 0 saturated heterocycles. The lowest BCUT2D eigenvalue weighted by Crippen LogP contribution is -2.15. The molecule has 24 heavy (non-hydrogen) atoms. The summed E-state index contributed by atoms with van der Waals surface area (Å²) in [6.07, 6.45) is -4.97. The zero-order chi connectivity index (χ0) is 17.8. The fourth-order valence-corrected chi connectivity index (χ4v) is 2.35. The lowest BCUT2D eigenvalue weighted by atomic mass is 10.3. The number of aromatic nitrogens is 2. The number of imidazole rings is 1. The largest absolute Gasteiger partial charge is 0.519 e. The first-order valence-corrected chi connectivity index (χ1v) is 6.67. The molecular weight excluding hydrogens is 363 g/mol. The number of fused-ring (bicyclic) bond motifs is 1. The molecule has 0 bridgehead atoms. The van der Waals surface area contributed by atoms with E-state index < -0.39 is 52.1 Å². The van der Waals surface area contributed by atoms with Crippen LogP contribution in [0, 0.1) is 18.6 Å². The van der Waals surface area contributed by atoms with Gasteiger partial charge in [0, 0.05) is 6.07 Å². The molecule has 128 valence electrons. The van der Waals surface area contributed by atoms with E-state index in [9.17, 15) is 26.7 Å². The van der Waals surface area contributed by atoms with Gasteiger partial charge in [0.15, 0.2) is 11.6 Å². The van der Waals surface area contributed by atoms with E-state index in [2.05, 4.69) is 13.8 Å². The van der Waals surface area contributed by atoms with Crippen LogP contribution in [-0.4, -0.2) is 9.55 Å². The van der Waals surface area contributed by atoms with E-state index >= 15 is 0 Å². The lowest BCUT2D eigenvalue weighted by molar-refractivity contribution is -0.146. The molecule has 0 N–H and O–H groups in total. The van der Waals surface area contributed by atoms with Gasteiger partial charge >= 0.3 is 12.0 Å². The fourth-order valence-electron chi connectivity index (χ4n) is 2.20. The Morgan fingerprint density at radius 1 is 1.29 bits per heavy atom. The molecule has 2 aromatic heterocycles. The van der Waals surface area contributed by atoms with Crippen molar-refractivity contribution in [1.29, 1.82) is 0 Å². The minimum atomic E-state index is -4.97. The Kier molecular flexibility index (Phi) is 3.67. The Hall–Kier alpha value is -2.36. The molecule has 0 spiro atoms. The Bertz CT molecular complexity index is 1000. The molecule has 0 amide bonds. The predicted octanol–water partition coefficient (Wildman–Crippen LogP) is 3.89. The van der Waals surface area contributed by atoms with Gasteiger partial charge in [-0.15, -0.1) is 0 Å². The second-order valence-corrected chi connectivity index (χ2v) is 5.18. The van der Waals surface area contributed by atoms with E-state index in [0.29, 0.717) is 10.6 Å². The highest BCUT2D eigenvalue weighted by molar-refractivity contribution is 6.31. The van der Waals surface area contributed by atoms with Crippen LogP contribution in [-0.2, 0) is 12.7 Å². The van der Waals surface area contributed by atoms with Gasteiger partial charge in [-0.1, -0.05) is 11.6 Å². The van der Waals surface area contributed by atoms with Crippen LogP contribution in [0.25, 0.3) is 11.0 Å². The van der Waals surface area contributed by atoms with E-state index in [0.717, 1.165) is 0 Å². The molecule has 0 radical (unpaired) electrons. The highest BCUT2D eigenvalue weighted by Crippen LogP contribution is 2.35. The van der Waals surface area contributed by atoms with Gasteiger partial charge in [-0.3, -0.25) is 0 Å². The molecule has 0 saturated carbocycles. The molecule has 1 aromatic carbocycles. The first-order valence-electron chi connectivity index (χ1n) is 6.30. The summed E-state index contributed by atoms with van der Waals surface area (Å²) in [7, 11) is 0. The maximum Gasteiger partial charge on any atom is 0.519 e. The highest BCUT2D eigenvalue weighted by atomic mass is 35.5. The van der Waals surface area contributed by atoms with Crippen LogP contribution in [0.2, 0.25) is 5.02 Å². The van der Waals surface area contributed by atoms with Gasteiger partial charge in [0.1, 0.15) is 22.1 Å². The van der Waals surface area contributed by atoms with Crippen molar-refractivity contribution in [3.63, 3.8) is 0 Å². The van der Waals surface area contributed by atoms with Crippen LogP contribution >= 0.6 is 11.6 Å². The van der Waals surface area contributed by atoms with Crippen LogP contribution in [0.15, 0.2) is 19.7 Å². The van der Waals surface area contributed by atoms with Crippen LogP contribution in [0.4, 0.5) is 22.0 Å². The smallest absolute Gasteiger partial charge is 0.396 e. The summed E-state index contributed by atoms with van der Waals surface area (Å²) in [5, 5.41) is -0.966. The van der Waals surface area contributed by atoms with Gasteiger partial charge in [0.25, 0.3) is 0 Å². The van der Waals surface area contributed by atoms with Crippen LogP contribution < -0.4 is 5.82 Å². The normalized spacial score (nSPS) is 12.3. The fraction of sp³-hybridized carbons (Fsp3) is 0.231. The summed E-state index contributed by atoms with van der Waals surface area (Å²) in [6, 6.07) is 0.622. The van der Waals surface area contributed by atoms with Crippen molar-refractivity contribution in [1.82, 2.24) is 9.55 Å². The maximum absolute atomic E-state index is 14.0. The van der Waals surface area contributed by atoms with Crippen LogP contribution in [0.1, 0.15) is 17.3 Å². The van der Waals surface area contributed by atoms with Crippen molar-refractivity contribution in [3.05, 3.63) is 50.7 Å². The zero-order valence-corrected chi connectivity index (χ0v) is 12.4. The van der Waals surface area contributed by atoms with E-state index in [1.807, 2.05) is 0 Å². The molecule has 3 rings (SSSR count). The van der Waals surface area contributed by atoms with E-state index in [1.54, 1.807) is 0 Å². The van der Waals surface area contributed by atoms with Crippen LogP contribution in [0.3, 0.4) is 0 Å². The maximum atomic E-state index is 14.0. The molecule has 0 aliphatic rings. The highest BCUT2D eigenvalue weighted by Gasteiger charge is 2.39. The number of nitrogens with zero attached hydrogens (tertiary/aromatic N) is 2. The van der Waals surface area contributed by atoms with E-state index in [4.69, 9.17) is 11.6 Å². The molecule has 0 fully saturated rings. The Balaban J connectivity index is 2.31. The Morgan fingerprint density at radius 2 is 1.96 bits per heavy atom. The van der Waals surface area contributed by atoms with Gasteiger partial charge in [0.05, 0.1) is 12.1 Å². The van der Waals surface area contributed by atoms with Gasteiger partial charge in [0.2, 0.25) is 5.82 Å². The number of alkyl halides is 3. The second kappa shape index (κ2) is 5.33. The number of halogens is 6. The third kappa shape index (κ3) is 2.56. The zero-order valence-electron chi connectivity index (χ0n) is 11.7. The average molecular weight is 369 g/mol. The number of benzene rings is 1. The summed E-state index contributed by atoms with van der Waals surface area (Å²) < 4.78 is 76.8. The third-order valence-corrected chi connectivity index (χ3v) is 3.62. The van der Waals surface area contributed by atoms with Crippen LogP contribution in [0.5, 0.6) is 0 Å². The minimum Gasteiger partial charge on any atom is -0.396 e. The molecule has 5 nitrogen and oxygen atoms in total. The summed E-state index contributed by atoms with van der Waals surface area (Å²) in [5.41, 5.74) is -1.25. The number of hydrogen-bond donors (Lipinski definition) is 0. The second-order valence-electron chi connectivity index (χ2n) is 4.81. The number of rotatable bonds is 2. The minimum absolute atomic E-state index is 0.0649. The first kappa shape index (κ1) is 16.5. The van der Waals surface area contributed by atoms with Crippen molar-refractivity contribution in [3.8, 4) is 0 Å². The Morgan fingerprint density at radius 3 is 2.50 bits per heavy atom. The first-order chi connectivity index (χ1) is 11.1. The molecule has 0 aliphatic heterocycles. The third-order valence-electron chi connectivity index (χ3n) is 3.27. The summed E-state index contributed by atoms with van der Waals surface area (Å²) >= 11 is 5.37. The molecule has 0 atom stereocenters.